The number of pyridine rings is 1. The van der Waals surface area contributed by atoms with Crippen molar-refractivity contribution < 1.29 is 4.79 Å². The molecule has 2 heterocycles. The molecule has 88 valence electrons. The molecule has 0 spiro atoms. The van der Waals surface area contributed by atoms with Crippen molar-refractivity contribution in [3.63, 3.8) is 0 Å². The fourth-order valence-corrected chi connectivity index (χ4v) is 1.52. The Kier molecular flexibility index (Phi) is 2.91. The molecule has 0 atom stereocenters. The van der Waals surface area contributed by atoms with E-state index in [-0.39, 0.29) is 17.2 Å². The number of carbonyl (C=O) groups is 1. The molecule has 17 heavy (non-hydrogen) atoms. The summed E-state index contributed by atoms with van der Waals surface area (Å²) < 4.78 is 1.36. The van der Waals surface area contributed by atoms with E-state index in [0.717, 1.165) is 0 Å². The molecule has 0 unspecified atom stereocenters. The van der Waals surface area contributed by atoms with Crippen molar-refractivity contribution in [1.29, 1.82) is 0 Å². The molecule has 0 radical (unpaired) electrons. The van der Waals surface area contributed by atoms with Crippen molar-refractivity contribution in [1.82, 2.24) is 14.7 Å². The predicted molar refractivity (Wildman–Crippen MR) is 64.1 cm³/mol. The Balaban J connectivity index is 2.53. The Morgan fingerprint density at radius 3 is 2.88 bits per heavy atom. The van der Waals surface area contributed by atoms with E-state index in [4.69, 9.17) is 0 Å². The number of nitrogens with zero attached hydrogens (tertiary/aromatic N) is 2. The normalized spacial score (nSPS) is 10.8. The monoisotopic (exact) mass is 231 g/mol. The molecule has 2 aromatic heterocycles. The van der Waals surface area contributed by atoms with E-state index >= 15 is 0 Å². The van der Waals surface area contributed by atoms with Gasteiger partial charge in [-0.1, -0.05) is 6.07 Å². The van der Waals surface area contributed by atoms with E-state index < -0.39 is 5.91 Å². The highest BCUT2D eigenvalue weighted by Crippen LogP contribution is 1.97. The van der Waals surface area contributed by atoms with Gasteiger partial charge in [-0.3, -0.25) is 14.0 Å². The quantitative estimate of drug-likeness (QED) is 0.832. The summed E-state index contributed by atoms with van der Waals surface area (Å²) in [6.45, 7) is 3.67. The lowest BCUT2D eigenvalue weighted by atomic mass is 10.2. The van der Waals surface area contributed by atoms with Crippen LogP contribution in [0.1, 0.15) is 24.2 Å². The third-order valence-corrected chi connectivity index (χ3v) is 2.28. The molecule has 1 amide bonds. The van der Waals surface area contributed by atoms with Gasteiger partial charge in [0.1, 0.15) is 11.2 Å². The molecule has 5 heteroatoms. The summed E-state index contributed by atoms with van der Waals surface area (Å²) in [6.07, 6.45) is 2.91. The molecule has 0 aliphatic rings. The first-order chi connectivity index (χ1) is 8.09. The Hall–Kier alpha value is -2.17. The van der Waals surface area contributed by atoms with E-state index in [1.54, 1.807) is 24.4 Å². The molecule has 0 aliphatic heterocycles. The number of hydrogen-bond donors (Lipinski definition) is 1. The lowest BCUT2D eigenvalue weighted by molar-refractivity contribution is 0.0941. The summed E-state index contributed by atoms with van der Waals surface area (Å²) in [6, 6.07) is 5.21. The molecule has 5 nitrogen and oxygen atoms in total. The molecule has 0 bridgehead atoms. The zero-order valence-electron chi connectivity index (χ0n) is 9.68. The van der Waals surface area contributed by atoms with Crippen LogP contribution in [0.3, 0.4) is 0 Å². The van der Waals surface area contributed by atoms with Crippen molar-refractivity contribution in [2.75, 3.05) is 0 Å². The first-order valence-electron chi connectivity index (χ1n) is 5.37. The van der Waals surface area contributed by atoms with E-state index in [1.165, 1.54) is 10.6 Å². The number of amides is 1. The van der Waals surface area contributed by atoms with Crippen molar-refractivity contribution in [2.45, 2.75) is 19.9 Å². The smallest absolute Gasteiger partial charge is 0.270 e. The maximum absolute atomic E-state index is 12.0. The van der Waals surface area contributed by atoms with Gasteiger partial charge in [-0.25, -0.2) is 4.98 Å². The van der Waals surface area contributed by atoms with Gasteiger partial charge < -0.3 is 5.32 Å². The Bertz CT molecular complexity index is 616. The van der Waals surface area contributed by atoms with Gasteiger partial charge in [0, 0.05) is 18.4 Å². The summed E-state index contributed by atoms with van der Waals surface area (Å²) in [5.41, 5.74) is 0.231. The van der Waals surface area contributed by atoms with Crippen LogP contribution in [-0.4, -0.2) is 21.3 Å². The maximum atomic E-state index is 12.0. The predicted octanol–water partition coefficient (Wildman–Crippen LogP) is 0.833. The molecule has 2 aromatic rings. The van der Waals surface area contributed by atoms with E-state index in [2.05, 4.69) is 10.3 Å². The van der Waals surface area contributed by atoms with Crippen LogP contribution in [0.4, 0.5) is 0 Å². The average Bonchev–Trinajstić information content (AvgIpc) is 2.28. The van der Waals surface area contributed by atoms with Gasteiger partial charge in [-0.2, -0.15) is 0 Å². The molecule has 0 aliphatic carbocycles. The highest BCUT2D eigenvalue weighted by atomic mass is 16.2. The molecular formula is C12H13N3O2. The van der Waals surface area contributed by atoms with Gasteiger partial charge in [-0.15, -0.1) is 0 Å². The molecule has 0 saturated heterocycles. The van der Waals surface area contributed by atoms with E-state index in [9.17, 15) is 9.59 Å². The van der Waals surface area contributed by atoms with Crippen molar-refractivity contribution in [3.8, 4) is 0 Å². The second kappa shape index (κ2) is 4.37. The first kappa shape index (κ1) is 11.3. The Labute approximate surface area is 98.1 Å². The maximum Gasteiger partial charge on any atom is 0.270 e. The second-order valence-electron chi connectivity index (χ2n) is 4.03. The highest BCUT2D eigenvalue weighted by Gasteiger charge is 2.13. The van der Waals surface area contributed by atoms with Gasteiger partial charge in [0.05, 0.1) is 0 Å². The van der Waals surface area contributed by atoms with Crippen molar-refractivity contribution in [3.05, 3.63) is 46.5 Å². The number of rotatable bonds is 2. The molecule has 0 aromatic carbocycles. The molecule has 1 N–H and O–H groups in total. The number of nitrogens with one attached hydrogen (secondary N) is 1. The standard InChI is InChI=1S/C12H13N3O2/c1-8(2)14-11(16)9-7-13-10-5-3-4-6-15(10)12(9)17/h3-8H,1-2H3,(H,14,16). The molecule has 2 rings (SSSR count). The topological polar surface area (TPSA) is 63.5 Å². The summed E-state index contributed by atoms with van der Waals surface area (Å²) in [5.74, 6) is -0.393. The van der Waals surface area contributed by atoms with E-state index in [1.807, 2.05) is 13.8 Å². The lowest BCUT2D eigenvalue weighted by Crippen LogP contribution is -2.35. The third-order valence-electron chi connectivity index (χ3n) is 2.28. The van der Waals surface area contributed by atoms with Crippen LogP contribution in [-0.2, 0) is 0 Å². The summed E-state index contributed by atoms with van der Waals surface area (Å²) >= 11 is 0. The minimum atomic E-state index is -0.393. The molecule has 0 fully saturated rings. The van der Waals surface area contributed by atoms with Crippen molar-refractivity contribution in [2.24, 2.45) is 0 Å². The van der Waals surface area contributed by atoms with Crippen LogP contribution in [0.2, 0.25) is 0 Å². The fraction of sp³-hybridized carbons (Fsp3) is 0.250. The van der Waals surface area contributed by atoms with Crippen LogP contribution in [0, 0.1) is 0 Å². The van der Waals surface area contributed by atoms with Gasteiger partial charge in [-0.05, 0) is 26.0 Å². The fourth-order valence-electron chi connectivity index (χ4n) is 1.52. The Morgan fingerprint density at radius 1 is 1.41 bits per heavy atom. The largest absolute Gasteiger partial charge is 0.350 e. The van der Waals surface area contributed by atoms with Crippen LogP contribution in [0.25, 0.3) is 5.65 Å². The minimum Gasteiger partial charge on any atom is -0.350 e. The number of fused-ring (bicyclic) bond motifs is 1. The zero-order valence-corrected chi connectivity index (χ0v) is 9.68. The minimum absolute atomic E-state index is 0.0154. The summed E-state index contributed by atoms with van der Waals surface area (Å²) in [7, 11) is 0. The molecular weight excluding hydrogens is 218 g/mol. The van der Waals surface area contributed by atoms with Gasteiger partial charge in [0.2, 0.25) is 0 Å². The van der Waals surface area contributed by atoms with Crippen LogP contribution in [0.5, 0.6) is 0 Å². The SMILES string of the molecule is CC(C)NC(=O)c1cnc2ccccn2c1=O. The van der Waals surface area contributed by atoms with Crippen molar-refractivity contribution >= 4 is 11.6 Å². The second-order valence-corrected chi connectivity index (χ2v) is 4.03. The third kappa shape index (κ3) is 2.18. The van der Waals surface area contributed by atoms with Crippen LogP contribution in [0.15, 0.2) is 35.4 Å². The lowest BCUT2D eigenvalue weighted by Gasteiger charge is -2.08. The summed E-state index contributed by atoms with van der Waals surface area (Å²) in [4.78, 5) is 27.8. The van der Waals surface area contributed by atoms with E-state index in [0.29, 0.717) is 5.65 Å². The van der Waals surface area contributed by atoms with Crippen LogP contribution < -0.4 is 10.9 Å². The number of aromatic nitrogens is 2. The number of hydrogen-bond acceptors (Lipinski definition) is 3. The molecule has 0 saturated carbocycles. The van der Waals surface area contributed by atoms with Gasteiger partial charge in [0.15, 0.2) is 0 Å². The zero-order chi connectivity index (χ0) is 12.4. The summed E-state index contributed by atoms with van der Waals surface area (Å²) in [5, 5.41) is 2.67. The van der Waals surface area contributed by atoms with Gasteiger partial charge in [0.25, 0.3) is 11.5 Å². The first-order valence-corrected chi connectivity index (χ1v) is 5.37. The Morgan fingerprint density at radius 2 is 2.18 bits per heavy atom. The number of carbonyl (C=O) groups excluding carboxylic acids is 1. The average molecular weight is 231 g/mol. The van der Waals surface area contributed by atoms with Gasteiger partial charge >= 0.3 is 0 Å². The van der Waals surface area contributed by atoms with Crippen LogP contribution >= 0.6 is 0 Å². The highest BCUT2D eigenvalue weighted by molar-refractivity contribution is 5.93.